The first-order valence-corrected chi connectivity index (χ1v) is 5.99. The van der Waals surface area contributed by atoms with E-state index in [2.05, 4.69) is 53.5 Å². The van der Waals surface area contributed by atoms with Crippen LogP contribution in [0.1, 0.15) is 0 Å². The largest absolute Gasteiger partial charge is 0.265 e. The van der Waals surface area contributed by atoms with Crippen LogP contribution in [-0.4, -0.2) is 4.98 Å². The van der Waals surface area contributed by atoms with Gasteiger partial charge in [-0.25, -0.2) is 0 Å². The molecule has 0 saturated heterocycles. The van der Waals surface area contributed by atoms with Crippen molar-refractivity contribution in [3.8, 4) is 22.3 Å². The number of hydrogen-bond donors (Lipinski definition) is 0. The van der Waals surface area contributed by atoms with Gasteiger partial charge in [0.05, 0.1) is 0 Å². The second kappa shape index (κ2) is 4.84. The number of pyridine rings is 1. The molecule has 18 heavy (non-hydrogen) atoms. The van der Waals surface area contributed by atoms with Crippen molar-refractivity contribution < 1.29 is 0 Å². The monoisotopic (exact) mass is 231 g/mol. The second-order valence-corrected chi connectivity index (χ2v) is 4.18. The van der Waals surface area contributed by atoms with E-state index in [0.717, 1.165) is 0 Å². The van der Waals surface area contributed by atoms with Crippen molar-refractivity contribution in [2.24, 2.45) is 0 Å². The van der Waals surface area contributed by atoms with Gasteiger partial charge < -0.3 is 0 Å². The molecule has 0 aliphatic rings. The van der Waals surface area contributed by atoms with E-state index in [1.165, 1.54) is 22.3 Å². The van der Waals surface area contributed by atoms with Crippen molar-refractivity contribution >= 4 is 0 Å². The topological polar surface area (TPSA) is 12.9 Å². The lowest BCUT2D eigenvalue weighted by Crippen LogP contribution is -1.80. The summed E-state index contributed by atoms with van der Waals surface area (Å²) in [6.07, 6.45) is 3.64. The Morgan fingerprint density at radius 2 is 0.889 bits per heavy atom. The van der Waals surface area contributed by atoms with Crippen LogP contribution >= 0.6 is 0 Å². The first kappa shape index (κ1) is 10.7. The van der Waals surface area contributed by atoms with Crippen molar-refractivity contribution in [3.05, 3.63) is 79.1 Å². The molecular formula is C17H13N. The van der Waals surface area contributed by atoms with Crippen LogP contribution < -0.4 is 0 Å². The lowest BCUT2D eigenvalue weighted by atomic mass is 10.0. The summed E-state index contributed by atoms with van der Waals surface area (Å²) in [7, 11) is 0. The summed E-state index contributed by atoms with van der Waals surface area (Å²) in [5.74, 6) is 0. The first-order chi connectivity index (χ1) is 8.93. The fourth-order valence-electron chi connectivity index (χ4n) is 2.03. The molecule has 0 unspecified atom stereocenters. The van der Waals surface area contributed by atoms with Crippen LogP contribution in [0.3, 0.4) is 0 Å². The summed E-state index contributed by atoms with van der Waals surface area (Å²) >= 11 is 0. The van der Waals surface area contributed by atoms with E-state index < -0.39 is 0 Å². The van der Waals surface area contributed by atoms with E-state index in [1.54, 1.807) is 0 Å². The quantitative estimate of drug-likeness (QED) is 0.636. The van der Waals surface area contributed by atoms with Gasteiger partial charge in [-0.15, -0.1) is 0 Å². The molecule has 0 spiro atoms. The molecule has 0 aliphatic carbocycles. The van der Waals surface area contributed by atoms with Crippen molar-refractivity contribution in [1.29, 1.82) is 0 Å². The highest BCUT2D eigenvalue weighted by molar-refractivity contribution is 5.69. The van der Waals surface area contributed by atoms with E-state index in [4.69, 9.17) is 0 Å². The van der Waals surface area contributed by atoms with Crippen LogP contribution in [0.4, 0.5) is 0 Å². The third-order valence-corrected chi connectivity index (χ3v) is 3.01. The lowest BCUT2D eigenvalue weighted by Gasteiger charge is -2.04. The molecule has 0 bridgehead atoms. The van der Waals surface area contributed by atoms with Crippen molar-refractivity contribution in [2.75, 3.05) is 0 Å². The first-order valence-electron chi connectivity index (χ1n) is 5.99. The van der Waals surface area contributed by atoms with Gasteiger partial charge in [0.2, 0.25) is 0 Å². The molecule has 0 radical (unpaired) electrons. The van der Waals surface area contributed by atoms with Gasteiger partial charge in [0.15, 0.2) is 0 Å². The highest BCUT2D eigenvalue weighted by atomic mass is 14.6. The Kier molecular flexibility index (Phi) is 2.89. The molecule has 2 aromatic carbocycles. The molecular weight excluding hydrogens is 218 g/mol. The zero-order valence-electron chi connectivity index (χ0n) is 9.95. The Bertz CT molecular complexity index is 554. The Labute approximate surface area is 107 Å². The van der Waals surface area contributed by atoms with Crippen LogP contribution in [-0.2, 0) is 0 Å². The van der Waals surface area contributed by atoms with Crippen molar-refractivity contribution in [1.82, 2.24) is 4.98 Å². The van der Waals surface area contributed by atoms with Crippen LogP contribution in [0.5, 0.6) is 0 Å². The highest BCUT2D eigenvalue weighted by Gasteiger charge is 1.99. The van der Waals surface area contributed by atoms with Crippen LogP contribution in [0.25, 0.3) is 22.3 Å². The van der Waals surface area contributed by atoms with Gasteiger partial charge in [0.25, 0.3) is 0 Å². The average molecular weight is 231 g/mol. The maximum absolute atomic E-state index is 4.04. The van der Waals surface area contributed by atoms with Crippen molar-refractivity contribution in [2.45, 2.75) is 0 Å². The van der Waals surface area contributed by atoms with E-state index in [1.807, 2.05) is 30.6 Å². The minimum absolute atomic E-state index is 1.20. The van der Waals surface area contributed by atoms with Gasteiger partial charge in [-0.3, -0.25) is 4.98 Å². The van der Waals surface area contributed by atoms with Gasteiger partial charge in [-0.1, -0.05) is 54.6 Å². The summed E-state index contributed by atoms with van der Waals surface area (Å²) in [6.45, 7) is 0. The predicted octanol–water partition coefficient (Wildman–Crippen LogP) is 4.42. The lowest BCUT2D eigenvalue weighted by molar-refractivity contribution is 1.33. The Morgan fingerprint density at radius 3 is 1.44 bits per heavy atom. The fraction of sp³-hybridized carbons (Fsp3) is 0. The Balaban J connectivity index is 1.95. The summed E-state index contributed by atoms with van der Waals surface area (Å²) in [5, 5.41) is 0. The SMILES string of the molecule is c1ccc(-c2ccc(-c3ccncc3)cc2)cc1. The number of rotatable bonds is 2. The summed E-state index contributed by atoms with van der Waals surface area (Å²) in [4.78, 5) is 4.04. The summed E-state index contributed by atoms with van der Waals surface area (Å²) in [5.41, 5.74) is 4.91. The zero-order valence-corrected chi connectivity index (χ0v) is 9.95. The number of nitrogens with zero attached hydrogens (tertiary/aromatic N) is 1. The molecule has 0 N–H and O–H groups in total. The smallest absolute Gasteiger partial charge is 0.0273 e. The summed E-state index contributed by atoms with van der Waals surface area (Å²) in [6, 6.07) is 23.1. The molecule has 3 aromatic rings. The van der Waals surface area contributed by atoms with Gasteiger partial charge in [-0.05, 0) is 34.4 Å². The molecule has 0 amide bonds. The highest BCUT2D eigenvalue weighted by Crippen LogP contribution is 2.24. The molecule has 0 aliphatic heterocycles. The molecule has 1 aromatic heterocycles. The third-order valence-electron chi connectivity index (χ3n) is 3.01. The Morgan fingerprint density at radius 1 is 0.444 bits per heavy atom. The maximum atomic E-state index is 4.04. The van der Waals surface area contributed by atoms with E-state index >= 15 is 0 Å². The van der Waals surface area contributed by atoms with Gasteiger partial charge in [0, 0.05) is 12.4 Å². The van der Waals surface area contributed by atoms with Gasteiger partial charge in [0.1, 0.15) is 0 Å². The number of hydrogen-bond acceptors (Lipinski definition) is 1. The Hall–Kier alpha value is -2.41. The maximum Gasteiger partial charge on any atom is 0.0273 e. The minimum atomic E-state index is 1.20. The molecule has 0 fully saturated rings. The van der Waals surface area contributed by atoms with Crippen molar-refractivity contribution in [3.63, 3.8) is 0 Å². The molecule has 0 atom stereocenters. The van der Waals surface area contributed by atoms with Gasteiger partial charge in [-0.2, -0.15) is 0 Å². The standard InChI is InChI=1S/C17H13N/c1-2-4-14(5-3-1)15-6-8-16(9-7-15)17-10-12-18-13-11-17/h1-13H. The molecule has 3 rings (SSSR count). The third kappa shape index (κ3) is 2.16. The minimum Gasteiger partial charge on any atom is -0.265 e. The summed E-state index contributed by atoms with van der Waals surface area (Å²) < 4.78 is 0. The predicted molar refractivity (Wildman–Crippen MR) is 75.1 cm³/mol. The second-order valence-electron chi connectivity index (χ2n) is 4.18. The molecule has 1 heteroatoms. The molecule has 0 saturated carbocycles. The number of benzene rings is 2. The van der Waals surface area contributed by atoms with Crippen LogP contribution in [0.15, 0.2) is 79.1 Å². The molecule has 1 nitrogen and oxygen atoms in total. The number of aromatic nitrogens is 1. The van der Waals surface area contributed by atoms with E-state index in [0.29, 0.717) is 0 Å². The fourth-order valence-corrected chi connectivity index (χ4v) is 2.03. The zero-order chi connectivity index (χ0) is 12.2. The molecule has 86 valence electrons. The molecule has 1 heterocycles. The van der Waals surface area contributed by atoms with Gasteiger partial charge >= 0.3 is 0 Å². The van der Waals surface area contributed by atoms with E-state index in [9.17, 15) is 0 Å². The van der Waals surface area contributed by atoms with Crippen LogP contribution in [0.2, 0.25) is 0 Å². The normalized spacial score (nSPS) is 10.2. The average Bonchev–Trinajstić information content (AvgIpc) is 2.49. The van der Waals surface area contributed by atoms with Crippen LogP contribution in [0, 0.1) is 0 Å². The van der Waals surface area contributed by atoms with E-state index in [-0.39, 0.29) is 0 Å².